The average Bonchev–Trinajstić information content (AvgIpc) is 2.80. The fraction of sp³-hybridized carbons (Fsp3) is 0.462. The van der Waals surface area contributed by atoms with Crippen molar-refractivity contribution in [1.29, 1.82) is 0 Å². The summed E-state index contributed by atoms with van der Waals surface area (Å²) in [6.45, 7) is 4.13. The second-order valence-corrected chi connectivity index (χ2v) is 7.67. The molecule has 4 nitrogen and oxygen atoms in total. The van der Waals surface area contributed by atoms with Crippen LogP contribution in [0.25, 0.3) is 5.69 Å². The van der Waals surface area contributed by atoms with Gasteiger partial charge in [0.1, 0.15) is 4.33 Å². The number of benzene rings is 1. The predicted octanol–water partition coefficient (Wildman–Crippen LogP) is 3.57. The molecule has 1 fully saturated rings. The summed E-state index contributed by atoms with van der Waals surface area (Å²) in [6, 6.07) is 6.21. The molecule has 3 rings (SSSR count). The summed E-state index contributed by atoms with van der Waals surface area (Å²) in [6.07, 6.45) is 0.842. The first-order chi connectivity index (χ1) is 9.47. The van der Waals surface area contributed by atoms with Crippen molar-refractivity contribution in [2.75, 3.05) is 5.75 Å². The third-order valence-electron chi connectivity index (χ3n) is 3.39. The smallest absolute Gasteiger partial charge is 0.187 e. The molecular weight excluding hydrogens is 315 g/mol. The number of aromatic nitrogens is 4. The Hall–Kier alpha value is -0.780. The van der Waals surface area contributed by atoms with Gasteiger partial charge in [0.15, 0.2) is 0 Å². The summed E-state index contributed by atoms with van der Waals surface area (Å²) in [5.74, 6) is 1.15. The number of aryl methyl sites for hydroxylation is 2. The Morgan fingerprint density at radius 3 is 2.80 bits per heavy atom. The van der Waals surface area contributed by atoms with Gasteiger partial charge in [-0.05, 0) is 42.3 Å². The fourth-order valence-corrected chi connectivity index (χ4v) is 3.90. The number of halogens is 2. The average molecular weight is 329 g/mol. The van der Waals surface area contributed by atoms with Crippen LogP contribution in [-0.2, 0) is 0 Å². The van der Waals surface area contributed by atoms with E-state index in [-0.39, 0.29) is 0 Å². The maximum Gasteiger partial charge on any atom is 0.214 e. The lowest BCUT2D eigenvalue weighted by Crippen LogP contribution is -2.03. The molecule has 20 heavy (non-hydrogen) atoms. The molecule has 2 aromatic rings. The number of hydrogen-bond donors (Lipinski definition) is 0. The van der Waals surface area contributed by atoms with E-state index in [9.17, 15) is 0 Å². The molecule has 0 N–H and O–H groups in total. The van der Waals surface area contributed by atoms with Crippen molar-refractivity contribution in [3.05, 3.63) is 29.3 Å². The summed E-state index contributed by atoms with van der Waals surface area (Å²) in [5, 5.41) is 12.7. The van der Waals surface area contributed by atoms with Crippen LogP contribution in [0.3, 0.4) is 0 Å². The monoisotopic (exact) mass is 328 g/mol. The number of tetrazole rings is 1. The van der Waals surface area contributed by atoms with Crippen molar-refractivity contribution in [3.8, 4) is 5.69 Å². The second-order valence-electron chi connectivity index (χ2n) is 5.14. The molecule has 0 unspecified atom stereocenters. The minimum absolute atomic E-state index is 0.320. The first kappa shape index (κ1) is 14.2. The third kappa shape index (κ3) is 2.80. The Kier molecular flexibility index (Phi) is 3.69. The quantitative estimate of drug-likeness (QED) is 0.635. The van der Waals surface area contributed by atoms with Crippen LogP contribution in [0.1, 0.15) is 17.5 Å². The predicted molar refractivity (Wildman–Crippen MR) is 81.9 cm³/mol. The third-order valence-corrected chi connectivity index (χ3v) is 5.40. The van der Waals surface area contributed by atoms with Crippen molar-refractivity contribution in [1.82, 2.24) is 20.2 Å². The minimum Gasteiger partial charge on any atom is -0.187 e. The van der Waals surface area contributed by atoms with Crippen LogP contribution in [0.15, 0.2) is 23.4 Å². The number of alkyl halides is 2. The van der Waals surface area contributed by atoms with E-state index >= 15 is 0 Å². The topological polar surface area (TPSA) is 43.6 Å². The van der Waals surface area contributed by atoms with Gasteiger partial charge in [-0.1, -0.05) is 29.5 Å². The normalized spacial score (nSPS) is 20.1. The number of rotatable bonds is 4. The Morgan fingerprint density at radius 2 is 2.15 bits per heavy atom. The zero-order valence-corrected chi connectivity index (χ0v) is 13.5. The molecule has 1 aromatic carbocycles. The summed E-state index contributed by atoms with van der Waals surface area (Å²) in [5.41, 5.74) is 3.37. The standard InChI is InChI=1S/C13H14Cl2N4S/c1-8-3-4-11(9(2)5-8)19-12(16-17-18-19)20-7-10-6-13(10,14)15/h3-5,10H,6-7H2,1-2H3/t10-/m0/s1. The number of nitrogens with zero attached hydrogens (tertiary/aromatic N) is 4. The van der Waals surface area contributed by atoms with Gasteiger partial charge >= 0.3 is 0 Å². The molecule has 0 spiro atoms. The lowest BCUT2D eigenvalue weighted by Gasteiger charge is -2.08. The zero-order chi connectivity index (χ0) is 14.3. The molecule has 1 aliphatic rings. The van der Waals surface area contributed by atoms with Gasteiger partial charge in [-0.3, -0.25) is 0 Å². The highest BCUT2D eigenvalue weighted by Crippen LogP contribution is 2.54. The molecule has 1 saturated carbocycles. The molecule has 1 atom stereocenters. The highest BCUT2D eigenvalue weighted by atomic mass is 35.5. The largest absolute Gasteiger partial charge is 0.214 e. The number of thioether (sulfide) groups is 1. The first-order valence-electron chi connectivity index (χ1n) is 6.34. The molecule has 1 heterocycles. The van der Waals surface area contributed by atoms with Crippen molar-refractivity contribution in [2.45, 2.75) is 29.8 Å². The van der Waals surface area contributed by atoms with Gasteiger partial charge in [-0.25, -0.2) is 0 Å². The van der Waals surface area contributed by atoms with E-state index in [1.54, 1.807) is 16.4 Å². The molecular formula is C13H14Cl2N4S. The molecule has 0 aliphatic heterocycles. The fourth-order valence-electron chi connectivity index (χ4n) is 2.09. The van der Waals surface area contributed by atoms with Crippen LogP contribution in [0.4, 0.5) is 0 Å². The van der Waals surface area contributed by atoms with Gasteiger partial charge in [0.05, 0.1) is 5.69 Å². The zero-order valence-electron chi connectivity index (χ0n) is 11.2. The SMILES string of the molecule is Cc1ccc(-n2nnnc2SC[C@@H]2CC2(Cl)Cl)c(C)c1. The lowest BCUT2D eigenvalue weighted by molar-refractivity contribution is 0.751. The summed E-state index contributed by atoms with van der Waals surface area (Å²) in [4.78, 5) is 0. The van der Waals surface area contributed by atoms with Crippen molar-refractivity contribution in [2.24, 2.45) is 5.92 Å². The lowest BCUT2D eigenvalue weighted by atomic mass is 10.1. The molecule has 1 aliphatic carbocycles. The molecule has 7 heteroatoms. The molecule has 0 saturated heterocycles. The Morgan fingerprint density at radius 1 is 1.40 bits per heavy atom. The van der Waals surface area contributed by atoms with Gasteiger partial charge < -0.3 is 0 Å². The molecule has 0 bridgehead atoms. The summed E-state index contributed by atoms with van der Waals surface area (Å²) >= 11 is 13.7. The van der Waals surface area contributed by atoms with Crippen LogP contribution in [-0.4, -0.2) is 30.3 Å². The van der Waals surface area contributed by atoms with Gasteiger partial charge in [-0.15, -0.1) is 28.3 Å². The maximum absolute atomic E-state index is 6.04. The first-order valence-corrected chi connectivity index (χ1v) is 8.08. The highest BCUT2D eigenvalue weighted by Gasteiger charge is 2.51. The summed E-state index contributed by atoms with van der Waals surface area (Å²) in [7, 11) is 0. The molecule has 0 radical (unpaired) electrons. The van der Waals surface area contributed by atoms with Gasteiger partial charge in [0, 0.05) is 11.7 Å². The molecule has 106 valence electrons. The van der Waals surface area contributed by atoms with E-state index in [2.05, 4.69) is 41.5 Å². The Bertz CT molecular complexity index is 641. The van der Waals surface area contributed by atoms with E-state index < -0.39 is 4.33 Å². The van der Waals surface area contributed by atoms with Crippen LogP contribution in [0, 0.1) is 19.8 Å². The van der Waals surface area contributed by atoms with Crippen molar-refractivity contribution >= 4 is 35.0 Å². The van der Waals surface area contributed by atoms with Crippen molar-refractivity contribution < 1.29 is 0 Å². The van der Waals surface area contributed by atoms with Crippen LogP contribution >= 0.6 is 35.0 Å². The van der Waals surface area contributed by atoms with Gasteiger partial charge in [0.25, 0.3) is 0 Å². The van der Waals surface area contributed by atoms with E-state index in [4.69, 9.17) is 23.2 Å². The molecule has 0 amide bonds. The maximum atomic E-state index is 6.04. The van der Waals surface area contributed by atoms with Crippen LogP contribution < -0.4 is 0 Å². The van der Waals surface area contributed by atoms with E-state index in [1.165, 1.54) is 5.56 Å². The highest BCUT2D eigenvalue weighted by molar-refractivity contribution is 7.99. The second kappa shape index (κ2) is 5.20. The Labute approximate surface area is 131 Å². The molecule has 1 aromatic heterocycles. The minimum atomic E-state index is -0.551. The summed E-state index contributed by atoms with van der Waals surface area (Å²) < 4.78 is 1.22. The van der Waals surface area contributed by atoms with Crippen molar-refractivity contribution in [3.63, 3.8) is 0 Å². The number of hydrogen-bond acceptors (Lipinski definition) is 4. The van der Waals surface area contributed by atoms with E-state index in [1.807, 2.05) is 6.07 Å². The Balaban J connectivity index is 1.79. The van der Waals surface area contributed by atoms with Gasteiger partial charge in [0.2, 0.25) is 5.16 Å². The van der Waals surface area contributed by atoms with E-state index in [0.717, 1.165) is 28.6 Å². The van der Waals surface area contributed by atoms with Gasteiger partial charge in [-0.2, -0.15) is 4.68 Å². The van der Waals surface area contributed by atoms with E-state index in [0.29, 0.717) is 5.92 Å². The van der Waals surface area contributed by atoms with Crippen LogP contribution in [0.5, 0.6) is 0 Å². The van der Waals surface area contributed by atoms with Crippen LogP contribution in [0.2, 0.25) is 0 Å².